The van der Waals surface area contributed by atoms with Crippen LogP contribution in [0.1, 0.15) is 36.5 Å². The lowest BCUT2D eigenvalue weighted by Crippen LogP contribution is -2.41. The summed E-state index contributed by atoms with van der Waals surface area (Å²) >= 11 is 0. The summed E-state index contributed by atoms with van der Waals surface area (Å²) in [7, 11) is 1.49. The fourth-order valence-electron chi connectivity index (χ4n) is 1.56. The van der Waals surface area contributed by atoms with E-state index in [1.54, 1.807) is 0 Å². The van der Waals surface area contributed by atoms with Crippen LogP contribution in [0.15, 0.2) is 10.6 Å². The van der Waals surface area contributed by atoms with E-state index in [0.717, 1.165) is 0 Å². The van der Waals surface area contributed by atoms with Crippen LogP contribution in [0.25, 0.3) is 0 Å². The molecule has 0 bridgehead atoms. The number of hydrogen-bond donors (Lipinski definition) is 2. The zero-order valence-electron chi connectivity index (χ0n) is 11.2. The third-order valence-corrected chi connectivity index (χ3v) is 2.39. The summed E-state index contributed by atoms with van der Waals surface area (Å²) < 4.78 is 9.70. The summed E-state index contributed by atoms with van der Waals surface area (Å²) in [5.74, 6) is -1.08. The highest BCUT2D eigenvalue weighted by molar-refractivity contribution is 5.94. The molecule has 0 radical (unpaired) electrons. The molecule has 0 aliphatic rings. The number of ether oxygens (including phenoxy) is 1. The van der Waals surface area contributed by atoms with Crippen LogP contribution >= 0.6 is 0 Å². The number of aromatic nitrogens is 1. The van der Waals surface area contributed by atoms with E-state index in [1.807, 2.05) is 13.8 Å². The highest BCUT2D eigenvalue weighted by Gasteiger charge is 2.23. The van der Waals surface area contributed by atoms with Crippen LogP contribution < -0.4 is 5.32 Å². The zero-order valence-corrected chi connectivity index (χ0v) is 11.2. The van der Waals surface area contributed by atoms with Gasteiger partial charge >= 0.3 is 5.97 Å². The monoisotopic (exact) mass is 270 g/mol. The first kappa shape index (κ1) is 15.2. The van der Waals surface area contributed by atoms with Gasteiger partial charge in [-0.05, 0) is 12.3 Å². The first-order valence-electron chi connectivity index (χ1n) is 5.92. The van der Waals surface area contributed by atoms with Gasteiger partial charge in [-0.1, -0.05) is 19.0 Å². The minimum atomic E-state index is -1.07. The second-order valence-electron chi connectivity index (χ2n) is 4.61. The van der Waals surface area contributed by atoms with E-state index in [0.29, 0.717) is 12.2 Å². The van der Waals surface area contributed by atoms with E-state index in [4.69, 9.17) is 14.4 Å². The maximum absolute atomic E-state index is 11.8. The van der Waals surface area contributed by atoms with E-state index >= 15 is 0 Å². The van der Waals surface area contributed by atoms with Crippen LogP contribution in [0.5, 0.6) is 0 Å². The molecular weight excluding hydrogens is 252 g/mol. The smallest absolute Gasteiger partial charge is 0.326 e. The van der Waals surface area contributed by atoms with Crippen molar-refractivity contribution in [1.29, 1.82) is 0 Å². The summed E-state index contributed by atoms with van der Waals surface area (Å²) in [6.07, 6.45) is 0.351. The van der Waals surface area contributed by atoms with Gasteiger partial charge in [-0.15, -0.1) is 0 Å². The van der Waals surface area contributed by atoms with Crippen LogP contribution in [0.4, 0.5) is 0 Å². The molecule has 2 N–H and O–H groups in total. The second kappa shape index (κ2) is 6.89. The molecule has 0 unspecified atom stereocenters. The van der Waals surface area contributed by atoms with Gasteiger partial charge < -0.3 is 19.7 Å². The second-order valence-corrected chi connectivity index (χ2v) is 4.61. The number of rotatable bonds is 7. The Labute approximate surface area is 110 Å². The molecule has 1 amide bonds. The Morgan fingerprint density at radius 2 is 2.21 bits per heavy atom. The van der Waals surface area contributed by atoms with E-state index in [9.17, 15) is 9.59 Å². The highest BCUT2D eigenvalue weighted by atomic mass is 16.5. The molecule has 0 saturated carbocycles. The van der Waals surface area contributed by atoms with Gasteiger partial charge in [0.2, 0.25) is 0 Å². The topological polar surface area (TPSA) is 102 Å². The SMILES string of the molecule is COCc1cc(C(=O)N[C@@H](CC(C)C)C(=O)O)no1. The summed E-state index contributed by atoms with van der Waals surface area (Å²) in [6, 6.07) is 0.489. The van der Waals surface area contributed by atoms with Crippen molar-refractivity contribution in [2.45, 2.75) is 32.9 Å². The molecule has 1 heterocycles. The fourth-order valence-corrected chi connectivity index (χ4v) is 1.56. The number of carboxylic acid groups (broad SMARTS) is 1. The van der Waals surface area contributed by atoms with Crippen molar-refractivity contribution in [3.63, 3.8) is 0 Å². The molecule has 0 spiro atoms. The average molecular weight is 270 g/mol. The Hall–Kier alpha value is -1.89. The maximum Gasteiger partial charge on any atom is 0.326 e. The van der Waals surface area contributed by atoms with Gasteiger partial charge in [0, 0.05) is 13.2 Å². The summed E-state index contributed by atoms with van der Waals surface area (Å²) in [4.78, 5) is 22.9. The lowest BCUT2D eigenvalue weighted by molar-refractivity contribution is -0.139. The third kappa shape index (κ3) is 4.70. The van der Waals surface area contributed by atoms with Gasteiger partial charge in [0.1, 0.15) is 12.6 Å². The molecule has 1 aromatic heterocycles. The largest absolute Gasteiger partial charge is 0.480 e. The van der Waals surface area contributed by atoms with Gasteiger partial charge in [-0.25, -0.2) is 4.79 Å². The molecule has 19 heavy (non-hydrogen) atoms. The predicted octanol–water partition coefficient (Wildman–Crippen LogP) is 1.05. The number of carbonyl (C=O) groups is 2. The predicted molar refractivity (Wildman–Crippen MR) is 65.6 cm³/mol. The van der Waals surface area contributed by atoms with Crippen molar-refractivity contribution in [2.75, 3.05) is 7.11 Å². The Kier molecular flexibility index (Phi) is 5.50. The van der Waals surface area contributed by atoms with Crippen molar-refractivity contribution in [3.8, 4) is 0 Å². The Morgan fingerprint density at radius 3 is 2.74 bits per heavy atom. The number of methoxy groups -OCH3 is 1. The van der Waals surface area contributed by atoms with E-state index in [2.05, 4.69) is 10.5 Å². The molecule has 0 aromatic carbocycles. The summed E-state index contributed by atoms with van der Waals surface area (Å²) in [6.45, 7) is 3.97. The molecule has 7 nitrogen and oxygen atoms in total. The minimum absolute atomic E-state index is 0.0436. The number of nitrogens with zero attached hydrogens (tertiary/aromatic N) is 1. The van der Waals surface area contributed by atoms with E-state index in [-0.39, 0.29) is 18.2 Å². The zero-order chi connectivity index (χ0) is 14.4. The van der Waals surface area contributed by atoms with Crippen molar-refractivity contribution < 1.29 is 24.0 Å². The number of carbonyl (C=O) groups excluding carboxylic acids is 1. The lowest BCUT2D eigenvalue weighted by atomic mass is 10.0. The molecule has 0 aliphatic heterocycles. The van der Waals surface area contributed by atoms with Gasteiger partial charge in [0.05, 0.1) is 0 Å². The molecule has 1 rings (SSSR count). The van der Waals surface area contributed by atoms with E-state index in [1.165, 1.54) is 13.2 Å². The summed E-state index contributed by atoms with van der Waals surface area (Å²) in [5.41, 5.74) is 0.0436. The number of nitrogens with one attached hydrogen (secondary N) is 1. The van der Waals surface area contributed by atoms with E-state index < -0.39 is 17.9 Å². The van der Waals surface area contributed by atoms with Crippen molar-refractivity contribution in [1.82, 2.24) is 10.5 Å². The van der Waals surface area contributed by atoms with Crippen molar-refractivity contribution >= 4 is 11.9 Å². The highest BCUT2D eigenvalue weighted by Crippen LogP contribution is 2.08. The number of aliphatic carboxylic acids is 1. The molecule has 0 aliphatic carbocycles. The quantitative estimate of drug-likeness (QED) is 0.767. The Bertz CT molecular complexity index is 441. The average Bonchev–Trinajstić information content (AvgIpc) is 2.76. The van der Waals surface area contributed by atoms with Crippen LogP contribution in [0, 0.1) is 5.92 Å². The first-order valence-corrected chi connectivity index (χ1v) is 5.92. The molecule has 7 heteroatoms. The van der Waals surface area contributed by atoms with Gasteiger partial charge in [-0.2, -0.15) is 0 Å². The molecule has 1 aromatic rings. The minimum Gasteiger partial charge on any atom is -0.480 e. The third-order valence-electron chi connectivity index (χ3n) is 2.39. The number of amides is 1. The van der Waals surface area contributed by atoms with Crippen LogP contribution in [-0.4, -0.2) is 35.3 Å². The fraction of sp³-hybridized carbons (Fsp3) is 0.583. The molecule has 0 saturated heterocycles. The standard InChI is InChI=1S/C12H18N2O5/c1-7(2)4-10(12(16)17)13-11(15)9-5-8(6-18-3)19-14-9/h5,7,10H,4,6H2,1-3H3,(H,13,15)(H,16,17)/t10-/m0/s1. The Morgan fingerprint density at radius 1 is 1.53 bits per heavy atom. The van der Waals surface area contributed by atoms with Gasteiger partial charge in [0.25, 0.3) is 5.91 Å². The molecule has 106 valence electrons. The van der Waals surface area contributed by atoms with Crippen LogP contribution in [-0.2, 0) is 16.1 Å². The van der Waals surface area contributed by atoms with Crippen molar-refractivity contribution in [2.24, 2.45) is 5.92 Å². The number of carboxylic acids is 1. The molecule has 1 atom stereocenters. The summed E-state index contributed by atoms with van der Waals surface area (Å²) in [5, 5.41) is 15.0. The first-order chi connectivity index (χ1) is 8.93. The molecular formula is C12H18N2O5. The normalized spacial score (nSPS) is 12.4. The Balaban J connectivity index is 2.67. The van der Waals surface area contributed by atoms with Crippen molar-refractivity contribution in [3.05, 3.63) is 17.5 Å². The van der Waals surface area contributed by atoms with Gasteiger partial charge in [-0.3, -0.25) is 4.79 Å². The van der Waals surface area contributed by atoms with Crippen LogP contribution in [0.3, 0.4) is 0 Å². The van der Waals surface area contributed by atoms with Gasteiger partial charge in [0.15, 0.2) is 11.5 Å². The van der Waals surface area contributed by atoms with Crippen LogP contribution in [0.2, 0.25) is 0 Å². The maximum atomic E-state index is 11.8. The number of hydrogen-bond acceptors (Lipinski definition) is 5. The molecule has 0 fully saturated rings. The lowest BCUT2D eigenvalue weighted by Gasteiger charge is -2.15.